The van der Waals surface area contributed by atoms with Gasteiger partial charge in [-0.15, -0.1) is 0 Å². The maximum Gasteiger partial charge on any atom is 0.239 e. The number of carbonyl (C=O) groups is 1. The van der Waals surface area contributed by atoms with Gasteiger partial charge in [0.15, 0.2) is 0 Å². The molecule has 0 fully saturated rings. The molecule has 0 unspecified atom stereocenters. The van der Waals surface area contributed by atoms with Gasteiger partial charge in [-0.3, -0.25) is 4.79 Å². The molecule has 0 bridgehead atoms. The highest BCUT2D eigenvalue weighted by Gasteiger charge is 2.17. The minimum Gasteiger partial charge on any atom is -0.376 e. The maximum absolute atomic E-state index is 11.8. The molecule has 1 rings (SSSR count). The summed E-state index contributed by atoms with van der Waals surface area (Å²) in [4.78, 5) is 11.8. The minimum absolute atomic E-state index is 0.0107. The summed E-state index contributed by atoms with van der Waals surface area (Å²) in [6, 6.07) is 5.94. The molecule has 0 aromatic heterocycles. The molecule has 18 heavy (non-hydrogen) atoms. The van der Waals surface area contributed by atoms with Crippen molar-refractivity contribution in [2.24, 2.45) is 0 Å². The second-order valence-corrected chi connectivity index (χ2v) is 6.78. The van der Waals surface area contributed by atoms with Gasteiger partial charge in [-0.2, -0.15) is 0 Å². The summed E-state index contributed by atoms with van der Waals surface area (Å²) in [5.74, 6) is 0.0107. The number of hydrogen-bond donors (Lipinski definition) is 2. The highest BCUT2D eigenvalue weighted by Crippen LogP contribution is 2.22. The zero-order chi connectivity index (χ0) is 13.8. The molecule has 5 heteroatoms. The van der Waals surface area contributed by atoms with Crippen molar-refractivity contribution in [3.8, 4) is 0 Å². The SMILES string of the molecule is CCC(C)(C)NC(=O)CNc1ccc(I)c(Br)c1. The number of anilines is 1. The van der Waals surface area contributed by atoms with E-state index in [4.69, 9.17) is 0 Å². The molecule has 0 aliphatic heterocycles. The lowest BCUT2D eigenvalue weighted by Crippen LogP contribution is -2.45. The van der Waals surface area contributed by atoms with E-state index in [2.05, 4.69) is 56.1 Å². The fourth-order valence-electron chi connectivity index (χ4n) is 1.30. The van der Waals surface area contributed by atoms with Crippen LogP contribution >= 0.6 is 38.5 Å². The van der Waals surface area contributed by atoms with Crippen LogP contribution in [0.3, 0.4) is 0 Å². The van der Waals surface area contributed by atoms with E-state index >= 15 is 0 Å². The Morgan fingerprint density at radius 3 is 2.67 bits per heavy atom. The van der Waals surface area contributed by atoms with Crippen LogP contribution in [0.4, 0.5) is 5.69 Å². The fraction of sp³-hybridized carbons (Fsp3) is 0.462. The van der Waals surface area contributed by atoms with Crippen LogP contribution in [0.15, 0.2) is 22.7 Å². The molecule has 0 saturated carbocycles. The van der Waals surface area contributed by atoms with E-state index in [0.29, 0.717) is 0 Å². The second kappa shape index (κ2) is 6.75. The third kappa shape index (κ3) is 5.14. The first kappa shape index (κ1) is 15.8. The van der Waals surface area contributed by atoms with Gasteiger partial charge in [-0.1, -0.05) is 6.92 Å². The van der Waals surface area contributed by atoms with Crippen molar-refractivity contribution in [1.29, 1.82) is 0 Å². The molecule has 1 aromatic rings. The smallest absolute Gasteiger partial charge is 0.239 e. The Morgan fingerprint density at radius 2 is 2.11 bits per heavy atom. The number of amides is 1. The molecule has 0 aliphatic rings. The fourth-order valence-corrected chi connectivity index (χ4v) is 2.01. The molecule has 0 radical (unpaired) electrons. The molecule has 100 valence electrons. The minimum atomic E-state index is -0.147. The van der Waals surface area contributed by atoms with Crippen LogP contribution in [-0.2, 0) is 4.79 Å². The van der Waals surface area contributed by atoms with Crippen molar-refractivity contribution >= 4 is 50.1 Å². The van der Waals surface area contributed by atoms with Gasteiger partial charge in [-0.05, 0) is 77.0 Å². The molecule has 0 spiro atoms. The quantitative estimate of drug-likeness (QED) is 0.706. The highest BCUT2D eigenvalue weighted by molar-refractivity contribution is 14.1. The summed E-state index contributed by atoms with van der Waals surface area (Å²) in [6.45, 7) is 6.39. The van der Waals surface area contributed by atoms with Crippen LogP contribution in [0, 0.1) is 3.57 Å². The zero-order valence-corrected chi connectivity index (χ0v) is 14.6. The van der Waals surface area contributed by atoms with Crippen molar-refractivity contribution in [1.82, 2.24) is 5.32 Å². The van der Waals surface area contributed by atoms with Crippen LogP contribution in [0.5, 0.6) is 0 Å². The Kier molecular flexibility index (Phi) is 5.91. The molecular formula is C13H18BrIN2O. The summed E-state index contributed by atoms with van der Waals surface area (Å²) in [7, 11) is 0. The lowest BCUT2D eigenvalue weighted by Gasteiger charge is -2.24. The van der Waals surface area contributed by atoms with E-state index in [0.717, 1.165) is 20.2 Å². The Bertz CT molecular complexity index is 435. The summed E-state index contributed by atoms with van der Waals surface area (Å²) in [6.07, 6.45) is 0.911. The third-order valence-electron chi connectivity index (χ3n) is 2.73. The maximum atomic E-state index is 11.8. The van der Waals surface area contributed by atoms with Gasteiger partial charge in [0, 0.05) is 19.3 Å². The average molecular weight is 425 g/mol. The summed E-state index contributed by atoms with van der Waals surface area (Å²) in [5.41, 5.74) is 0.789. The predicted molar refractivity (Wildman–Crippen MR) is 87.9 cm³/mol. The van der Waals surface area contributed by atoms with Crippen molar-refractivity contribution in [2.75, 3.05) is 11.9 Å². The van der Waals surface area contributed by atoms with Gasteiger partial charge in [0.1, 0.15) is 0 Å². The van der Waals surface area contributed by atoms with Crippen LogP contribution in [0.25, 0.3) is 0 Å². The van der Waals surface area contributed by atoms with E-state index in [9.17, 15) is 4.79 Å². The first-order valence-corrected chi connectivity index (χ1v) is 7.71. The number of carbonyl (C=O) groups excluding carboxylic acids is 1. The van der Waals surface area contributed by atoms with E-state index in [-0.39, 0.29) is 18.0 Å². The van der Waals surface area contributed by atoms with Crippen LogP contribution < -0.4 is 10.6 Å². The summed E-state index contributed by atoms with van der Waals surface area (Å²) >= 11 is 5.72. The Labute approximate surface area is 130 Å². The van der Waals surface area contributed by atoms with Crippen molar-refractivity contribution in [3.63, 3.8) is 0 Å². The largest absolute Gasteiger partial charge is 0.376 e. The van der Waals surface area contributed by atoms with Crippen molar-refractivity contribution in [2.45, 2.75) is 32.7 Å². The normalized spacial score (nSPS) is 11.2. The van der Waals surface area contributed by atoms with Gasteiger partial charge >= 0.3 is 0 Å². The Morgan fingerprint density at radius 1 is 1.44 bits per heavy atom. The standard InChI is InChI=1S/C13H18BrIN2O/c1-4-13(2,3)17-12(18)8-16-9-5-6-11(15)10(14)7-9/h5-7,16H,4,8H2,1-3H3,(H,17,18). The molecule has 1 aromatic carbocycles. The molecule has 0 heterocycles. The van der Waals surface area contributed by atoms with E-state index in [1.54, 1.807) is 0 Å². The van der Waals surface area contributed by atoms with Gasteiger partial charge in [-0.25, -0.2) is 0 Å². The second-order valence-electron chi connectivity index (χ2n) is 4.77. The number of nitrogens with one attached hydrogen (secondary N) is 2. The first-order chi connectivity index (χ1) is 8.34. The van der Waals surface area contributed by atoms with Gasteiger partial charge in [0.25, 0.3) is 0 Å². The molecular weight excluding hydrogens is 407 g/mol. The molecule has 1 amide bonds. The van der Waals surface area contributed by atoms with Gasteiger partial charge < -0.3 is 10.6 Å². The van der Waals surface area contributed by atoms with Crippen LogP contribution in [-0.4, -0.2) is 18.0 Å². The third-order valence-corrected chi connectivity index (χ3v) is 5.07. The van der Waals surface area contributed by atoms with Gasteiger partial charge in [0.05, 0.1) is 6.54 Å². The molecule has 0 aliphatic carbocycles. The van der Waals surface area contributed by atoms with Crippen molar-refractivity contribution in [3.05, 3.63) is 26.2 Å². The number of halogens is 2. The topological polar surface area (TPSA) is 41.1 Å². The molecule has 3 nitrogen and oxygen atoms in total. The van der Waals surface area contributed by atoms with E-state index < -0.39 is 0 Å². The number of benzene rings is 1. The summed E-state index contributed by atoms with van der Waals surface area (Å²) < 4.78 is 2.18. The zero-order valence-electron chi connectivity index (χ0n) is 10.8. The Balaban J connectivity index is 2.50. The Hall–Kier alpha value is -0.300. The van der Waals surface area contributed by atoms with E-state index in [1.165, 1.54) is 0 Å². The lowest BCUT2D eigenvalue weighted by molar-refractivity contribution is -0.121. The van der Waals surface area contributed by atoms with Crippen LogP contribution in [0.2, 0.25) is 0 Å². The van der Waals surface area contributed by atoms with Crippen molar-refractivity contribution < 1.29 is 4.79 Å². The molecule has 2 N–H and O–H groups in total. The molecule has 0 saturated heterocycles. The first-order valence-electron chi connectivity index (χ1n) is 5.84. The van der Waals surface area contributed by atoms with Crippen LogP contribution in [0.1, 0.15) is 27.2 Å². The number of hydrogen-bond acceptors (Lipinski definition) is 2. The highest BCUT2D eigenvalue weighted by atomic mass is 127. The monoisotopic (exact) mass is 424 g/mol. The average Bonchev–Trinajstić information content (AvgIpc) is 2.30. The predicted octanol–water partition coefficient (Wildman–Crippen LogP) is 3.77. The number of rotatable bonds is 5. The molecule has 0 atom stereocenters. The summed E-state index contributed by atoms with van der Waals surface area (Å²) in [5, 5.41) is 6.10. The van der Waals surface area contributed by atoms with E-state index in [1.807, 2.05) is 32.0 Å². The lowest BCUT2D eigenvalue weighted by atomic mass is 10.0. The van der Waals surface area contributed by atoms with Gasteiger partial charge in [0.2, 0.25) is 5.91 Å².